The molecule has 118 valence electrons. The van der Waals surface area contributed by atoms with Gasteiger partial charge in [-0.25, -0.2) is 4.39 Å². The number of hydrogen-bond donors (Lipinski definition) is 1. The van der Waals surface area contributed by atoms with E-state index in [4.69, 9.17) is 4.74 Å². The summed E-state index contributed by atoms with van der Waals surface area (Å²) in [5, 5.41) is 3.38. The van der Waals surface area contributed by atoms with Gasteiger partial charge in [0, 0.05) is 24.2 Å². The summed E-state index contributed by atoms with van der Waals surface area (Å²) in [6.45, 7) is 10.6. The van der Waals surface area contributed by atoms with Crippen LogP contribution in [0.15, 0.2) is 18.2 Å². The highest BCUT2D eigenvalue weighted by atomic mass is 19.1. The molecule has 0 bridgehead atoms. The first kappa shape index (κ1) is 16.2. The van der Waals surface area contributed by atoms with Crippen molar-refractivity contribution in [2.75, 3.05) is 26.2 Å². The van der Waals surface area contributed by atoms with Gasteiger partial charge in [0.15, 0.2) is 11.6 Å². The smallest absolute Gasteiger partial charge is 0.165 e. The number of nitrogens with zero attached hydrogens (tertiary/aromatic N) is 1. The van der Waals surface area contributed by atoms with Gasteiger partial charge < -0.3 is 10.1 Å². The molecule has 1 aromatic rings. The minimum Gasteiger partial charge on any atom is -0.489 e. The number of benzene rings is 1. The van der Waals surface area contributed by atoms with Gasteiger partial charge in [0.2, 0.25) is 0 Å². The minimum atomic E-state index is -0.273. The molecule has 4 heteroatoms. The van der Waals surface area contributed by atoms with Crippen molar-refractivity contribution in [1.29, 1.82) is 0 Å². The molecular weight excluding hydrogens is 267 g/mol. The van der Waals surface area contributed by atoms with Crippen LogP contribution in [0, 0.1) is 5.82 Å². The minimum absolute atomic E-state index is 0.000855. The fraction of sp³-hybridized carbons (Fsp3) is 0.647. The van der Waals surface area contributed by atoms with Crippen molar-refractivity contribution in [3.63, 3.8) is 0 Å². The second kappa shape index (κ2) is 7.23. The van der Waals surface area contributed by atoms with Gasteiger partial charge in [0.05, 0.1) is 0 Å². The summed E-state index contributed by atoms with van der Waals surface area (Å²) in [6.07, 6.45) is 2.53. The number of ether oxygens (including phenoxy) is 1. The van der Waals surface area contributed by atoms with Gasteiger partial charge in [0.1, 0.15) is 6.61 Å². The summed E-state index contributed by atoms with van der Waals surface area (Å²) in [4.78, 5) is 2.37. The van der Waals surface area contributed by atoms with Crippen LogP contribution < -0.4 is 10.1 Å². The van der Waals surface area contributed by atoms with Gasteiger partial charge in [-0.15, -0.1) is 0 Å². The molecule has 1 N–H and O–H groups in total. The van der Waals surface area contributed by atoms with Crippen molar-refractivity contribution in [3.05, 3.63) is 29.6 Å². The van der Waals surface area contributed by atoms with E-state index in [-0.39, 0.29) is 11.4 Å². The lowest BCUT2D eigenvalue weighted by molar-refractivity contribution is 0.228. The van der Waals surface area contributed by atoms with Gasteiger partial charge >= 0.3 is 0 Å². The highest BCUT2D eigenvalue weighted by Gasteiger charge is 2.15. The first-order valence-electron chi connectivity index (χ1n) is 7.83. The third-order valence-corrected chi connectivity index (χ3v) is 3.71. The standard InChI is InChI=1S/C17H27FN2O/c1-17(2,3)19-13-14-7-6-8-15(18)16(14)21-12-11-20-9-4-5-10-20/h6-8,19H,4-5,9-13H2,1-3H3. The quantitative estimate of drug-likeness (QED) is 0.872. The van der Waals surface area contributed by atoms with Crippen molar-refractivity contribution < 1.29 is 9.13 Å². The molecule has 0 unspecified atom stereocenters. The molecule has 0 spiro atoms. The average molecular weight is 294 g/mol. The van der Waals surface area contributed by atoms with E-state index in [1.54, 1.807) is 6.07 Å². The van der Waals surface area contributed by atoms with Crippen LogP contribution in [0.3, 0.4) is 0 Å². The van der Waals surface area contributed by atoms with E-state index >= 15 is 0 Å². The van der Waals surface area contributed by atoms with Crippen molar-refractivity contribution in [1.82, 2.24) is 10.2 Å². The first-order valence-corrected chi connectivity index (χ1v) is 7.83. The molecular formula is C17H27FN2O. The maximum atomic E-state index is 14.0. The molecule has 1 aromatic carbocycles. The Balaban J connectivity index is 1.93. The predicted molar refractivity (Wildman–Crippen MR) is 84.2 cm³/mol. The molecule has 2 rings (SSSR count). The van der Waals surface area contributed by atoms with Crippen molar-refractivity contribution >= 4 is 0 Å². The maximum absolute atomic E-state index is 14.0. The summed E-state index contributed by atoms with van der Waals surface area (Å²) in [6, 6.07) is 5.13. The SMILES string of the molecule is CC(C)(C)NCc1cccc(F)c1OCCN1CCCC1. The van der Waals surface area contributed by atoms with E-state index in [9.17, 15) is 4.39 Å². The summed E-state index contributed by atoms with van der Waals surface area (Å²) in [7, 11) is 0. The summed E-state index contributed by atoms with van der Waals surface area (Å²) in [5.41, 5.74) is 0.880. The van der Waals surface area contributed by atoms with Crippen LogP contribution in [-0.2, 0) is 6.54 Å². The van der Waals surface area contributed by atoms with Gasteiger partial charge in [-0.05, 0) is 52.8 Å². The van der Waals surface area contributed by atoms with Crippen molar-refractivity contribution in [3.8, 4) is 5.75 Å². The Labute approximate surface area is 127 Å². The zero-order chi connectivity index (χ0) is 15.3. The first-order chi connectivity index (χ1) is 9.96. The fourth-order valence-electron chi connectivity index (χ4n) is 2.50. The van der Waals surface area contributed by atoms with E-state index in [0.717, 1.165) is 25.2 Å². The normalized spacial score (nSPS) is 16.4. The third kappa shape index (κ3) is 5.29. The van der Waals surface area contributed by atoms with Gasteiger partial charge in [-0.2, -0.15) is 0 Å². The van der Waals surface area contributed by atoms with Crippen LogP contribution in [0.25, 0.3) is 0 Å². The lowest BCUT2D eigenvalue weighted by Crippen LogP contribution is -2.35. The van der Waals surface area contributed by atoms with Gasteiger partial charge in [0.25, 0.3) is 0 Å². The lowest BCUT2D eigenvalue weighted by Gasteiger charge is -2.22. The number of rotatable bonds is 6. The number of nitrogens with one attached hydrogen (secondary N) is 1. The van der Waals surface area contributed by atoms with E-state index in [2.05, 4.69) is 31.0 Å². The predicted octanol–water partition coefficient (Wildman–Crippen LogP) is 3.19. The Hall–Kier alpha value is -1.13. The molecule has 1 fully saturated rings. The molecule has 1 saturated heterocycles. The Bertz CT molecular complexity index is 451. The molecule has 21 heavy (non-hydrogen) atoms. The molecule has 0 atom stereocenters. The second-order valence-electron chi connectivity index (χ2n) is 6.73. The van der Waals surface area contributed by atoms with Crippen LogP contribution >= 0.6 is 0 Å². The van der Waals surface area contributed by atoms with Crippen LogP contribution in [0.1, 0.15) is 39.2 Å². The Morgan fingerprint density at radius 1 is 1.24 bits per heavy atom. The number of para-hydroxylation sites is 1. The third-order valence-electron chi connectivity index (χ3n) is 3.71. The van der Waals surface area contributed by atoms with Crippen LogP contribution in [0.5, 0.6) is 5.75 Å². The van der Waals surface area contributed by atoms with Crippen LogP contribution in [-0.4, -0.2) is 36.7 Å². The number of hydrogen-bond acceptors (Lipinski definition) is 3. The molecule has 0 radical (unpaired) electrons. The van der Waals surface area contributed by atoms with Crippen molar-refractivity contribution in [2.24, 2.45) is 0 Å². The largest absolute Gasteiger partial charge is 0.489 e. The van der Waals surface area contributed by atoms with Crippen molar-refractivity contribution in [2.45, 2.75) is 45.7 Å². The zero-order valence-electron chi connectivity index (χ0n) is 13.4. The van der Waals surface area contributed by atoms with Crippen LogP contribution in [0.4, 0.5) is 4.39 Å². The van der Waals surface area contributed by atoms with Crippen LogP contribution in [0.2, 0.25) is 0 Å². The van der Waals surface area contributed by atoms with E-state index in [1.165, 1.54) is 18.9 Å². The second-order valence-corrected chi connectivity index (χ2v) is 6.73. The molecule has 0 saturated carbocycles. The molecule has 0 aromatic heterocycles. The molecule has 3 nitrogen and oxygen atoms in total. The summed E-state index contributed by atoms with van der Waals surface area (Å²) in [5.74, 6) is 0.123. The number of likely N-dealkylation sites (tertiary alicyclic amines) is 1. The molecule has 1 aliphatic heterocycles. The highest BCUT2D eigenvalue weighted by molar-refractivity contribution is 5.35. The Morgan fingerprint density at radius 3 is 2.62 bits per heavy atom. The topological polar surface area (TPSA) is 24.5 Å². The highest BCUT2D eigenvalue weighted by Crippen LogP contribution is 2.23. The molecule has 0 amide bonds. The fourth-order valence-corrected chi connectivity index (χ4v) is 2.50. The van der Waals surface area contributed by atoms with Gasteiger partial charge in [-0.1, -0.05) is 12.1 Å². The summed E-state index contributed by atoms with van der Waals surface area (Å²) < 4.78 is 19.7. The Morgan fingerprint density at radius 2 is 1.95 bits per heavy atom. The summed E-state index contributed by atoms with van der Waals surface area (Å²) >= 11 is 0. The maximum Gasteiger partial charge on any atom is 0.165 e. The average Bonchev–Trinajstić information content (AvgIpc) is 2.91. The zero-order valence-corrected chi connectivity index (χ0v) is 13.4. The molecule has 0 aliphatic carbocycles. The van der Waals surface area contributed by atoms with Gasteiger partial charge in [-0.3, -0.25) is 4.90 Å². The Kier molecular flexibility index (Phi) is 5.59. The van der Waals surface area contributed by atoms with E-state index in [1.807, 2.05) is 6.07 Å². The van der Waals surface area contributed by atoms with E-state index in [0.29, 0.717) is 18.9 Å². The monoisotopic (exact) mass is 294 g/mol. The molecule has 1 aliphatic rings. The van der Waals surface area contributed by atoms with E-state index < -0.39 is 0 Å². The number of halogens is 1. The lowest BCUT2D eigenvalue weighted by atomic mass is 10.1. The molecule has 1 heterocycles.